The third kappa shape index (κ3) is 3.97. The number of thioether (sulfide) groups is 1. The summed E-state index contributed by atoms with van der Waals surface area (Å²) in [7, 11) is 0. The number of fused-ring (bicyclic) bond motifs is 1. The average molecular weight is 420 g/mol. The highest BCUT2D eigenvalue weighted by molar-refractivity contribution is 8.26. The van der Waals surface area contributed by atoms with E-state index < -0.39 is 0 Å². The van der Waals surface area contributed by atoms with Crippen molar-refractivity contribution in [1.29, 1.82) is 0 Å². The highest BCUT2D eigenvalue weighted by Gasteiger charge is 2.32. The highest BCUT2D eigenvalue weighted by Crippen LogP contribution is 2.36. The van der Waals surface area contributed by atoms with E-state index in [1.165, 1.54) is 28.0 Å². The maximum Gasteiger partial charge on any atom is 0.266 e. The third-order valence-corrected chi connectivity index (χ3v) is 5.88. The van der Waals surface area contributed by atoms with Crippen LogP contribution in [0.4, 0.5) is 5.13 Å². The number of anilines is 1. The van der Waals surface area contributed by atoms with Gasteiger partial charge in [0.1, 0.15) is 4.32 Å². The number of thiocarbonyl (C=S) groups is 1. The molecular formula is C17H13N3O4S3. The lowest BCUT2D eigenvalue weighted by Gasteiger charge is -2.13. The van der Waals surface area contributed by atoms with Crippen molar-refractivity contribution >= 4 is 62.7 Å². The van der Waals surface area contributed by atoms with Gasteiger partial charge in [0.05, 0.1) is 4.91 Å². The van der Waals surface area contributed by atoms with E-state index in [2.05, 4.69) is 10.3 Å². The molecule has 138 valence electrons. The van der Waals surface area contributed by atoms with E-state index in [1.54, 1.807) is 23.7 Å². The van der Waals surface area contributed by atoms with Crippen LogP contribution in [0.3, 0.4) is 0 Å². The van der Waals surface area contributed by atoms with Crippen molar-refractivity contribution in [3.8, 4) is 11.5 Å². The molecule has 3 heterocycles. The largest absolute Gasteiger partial charge is 0.454 e. The Morgan fingerprint density at radius 3 is 3.04 bits per heavy atom. The molecule has 7 nitrogen and oxygen atoms in total. The minimum atomic E-state index is -0.209. The quantitative estimate of drug-likeness (QED) is 0.589. The summed E-state index contributed by atoms with van der Waals surface area (Å²) >= 11 is 7.86. The molecule has 10 heteroatoms. The fourth-order valence-corrected chi connectivity index (χ4v) is 4.38. The standard InChI is InChI=1S/C17H13N3O4S3/c21-14(19-16-18-4-6-26-16)3-5-20-15(22)13(27-17(20)25)8-10-1-2-11-12(7-10)24-9-23-11/h1-2,4,6-8H,3,5,9H2,(H,18,19,21)/b13-8-. The van der Waals surface area contributed by atoms with E-state index in [0.29, 0.717) is 25.9 Å². The fourth-order valence-electron chi connectivity index (χ4n) is 2.53. The van der Waals surface area contributed by atoms with Gasteiger partial charge in [0.2, 0.25) is 12.7 Å². The van der Waals surface area contributed by atoms with Crippen LogP contribution in [0.5, 0.6) is 11.5 Å². The second kappa shape index (κ2) is 7.67. The lowest BCUT2D eigenvalue weighted by atomic mass is 10.2. The predicted octanol–water partition coefficient (Wildman–Crippen LogP) is 3.10. The summed E-state index contributed by atoms with van der Waals surface area (Å²) in [5.74, 6) is 0.924. The fraction of sp³-hybridized carbons (Fsp3) is 0.176. The number of thiazole rings is 1. The number of carbonyl (C=O) groups excluding carboxylic acids is 2. The van der Waals surface area contributed by atoms with E-state index in [0.717, 1.165) is 5.56 Å². The van der Waals surface area contributed by atoms with Crippen molar-refractivity contribution in [2.45, 2.75) is 6.42 Å². The Balaban J connectivity index is 1.40. The Morgan fingerprint density at radius 2 is 2.22 bits per heavy atom. The minimum Gasteiger partial charge on any atom is -0.454 e. The monoisotopic (exact) mass is 419 g/mol. The van der Waals surface area contributed by atoms with Crippen LogP contribution in [-0.4, -0.2) is 39.4 Å². The van der Waals surface area contributed by atoms with E-state index in [9.17, 15) is 9.59 Å². The molecule has 27 heavy (non-hydrogen) atoms. The topological polar surface area (TPSA) is 80.8 Å². The van der Waals surface area contributed by atoms with Crippen LogP contribution in [0.25, 0.3) is 6.08 Å². The Kier molecular flexibility index (Phi) is 5.10. The second-order valence-corrected chi connectivity index (χ2v) is 8.15. The first-order valence-electron chi connectivity index (χ1n) is 7.94. The Labute approximate surface area is 168 Å². The summed E-state index contributed by atoms with van der Waals surface area (Å²) < 4.78 is 11.1. The summed E-state index contributed by atoms with van der Waals surface area (Å²) in [4.78, 5) is 30.6. The summed E-state index contributed by atoms with van der Waals surface area (Å²) in [6.07, 6.45) is 3.52. The second-order valence-electron chi connectivity index (χ2n) is 5.58. The molecule has 1 aromatic heterocycles. The van der Waals surface area contributed by atoms with E-state index >= 15 is 0 Å². The van der Waals surface area contributed by atoms with Crippen molar-refractivity contribution in [3.05, 3.63) is 40.2 Å². The van der Waals surface area contributed by atoms with Crippen LogP contribution in [0, 0.1) is 0 Å². The van der Waals surface area contributed by atoms with Gasteiger partial charge in [-0.25, -0.2) is 4.98 Å². The minimum absolute atomic E-state index is 0.142. The maximum absolute atomic E-state index is 12.6. The molecule has 0 bridgehead atoms. The van der Waals surface area contributed by atoms with Gasteiger partial charge in [-0.3, -0.25) is 14.5 Å². The van der Waals surface area contributed by atoms with E-state index in [4.69, 9.17) is 21.7 Å². The van der Waals surface area contributed by atoms with Crippen LogP contribution in [-0.2, 0) is 9.59 Å². The Hall–Kier alpha value is -2.43. The first kappa shape index (κ1) is 18.0. The van der Waals surface area contributed by atoms with E-state index in [-0.39, 0.29) is 31.6 Å². The first-order chi connectivity index (χ1) is 13.1. The van der Waals surface area contributed by atoms with Crippen molar-refractivity contribution in [2.75, 3.05) is 18.7 Å². The summed E-state index contributed by atoms with van der Waals surface area (Å²) in [6.45, 7) is 0.421. The van der Waals surface area contributed by atoms with Crippen LogP contribution in [0.1, 0.15) is 12.0 Å². The molecule has 1 fully saturated rings. The third-order valence-electron chi connectivity index (χ3n) is 3.81. The average Bonchev–Trinajstić information content (AvgIpc) is 3.36. The number of aromatic nitrogens is 1. The molecular weight excluding hydrogens is 406 g/mol. The number of hydrogen-bond acceptors (Lipinski definition) is 8. The molecule has 0 spiro atoms. The Morgan fingerprint density at radius 1 is 1.37 bits per heavy atom. The zero-order chi connectivity index (χ0) is 18.8. The number of ether oxygens (including phenoxy) is 2. The normalized spacial score (nSPS) is 17.0. The van der Waals surface area contributed by atoms with Crippen molar-refractivity contribution in [3.63, 3.8) is 0 Å². The first-order valence-corrected chi connectivity index (χ1v) is 10.0. The molecule has 1 aromatic carbocycles. The van der Waals surface area contributed by atoms with Gasteiger partial charge in [0, 0.05) is 24.5 Å². The molecule has 0 aliphatic carbocycles. The molecule has 4 rings (SSSR count). The van der Waals surface area contributed by atoms with Gasteiger partial charge in [-0.1, -0.05) is 30.0 Å². The number of amides is 2. The van der Waals surface area contributed by atoms with Crippen molar-refractivity contribution in [1.82, 2.24) is 9.88 Å². The molecule has 2 aliphatic rings. The summed E-state index contributed by atoms with van der Waals surface area (Å²) in [5.41, 5.74) is 0.821. The number of nitrogens with zero attached hydrogens (tertiary/aromatic N) is 2. The van der Waals surface area contributed by atoms with Gasteiger partial charge in [0.15, 0.2) is 16.6 Å². The molecule has 2 amide bonds. The Bertz CT molecular complexity index is 943. The molecule has 1 saturated heterocycles. The molecule has 0 atom stereocenters. The van der Waals surface area contributed by atoms with Gasteiger partial charge >= 0.3 is 0 Å². The van der Waals surface area contributed by atoms with Crippen molar-refractivity contribution in [2.24, 2.45) is 0 Å². The van der Waals surface area contributed by atoms with Crippen molar-refractivity contribution < 1.29 is 19.1 Å². The lowest BCUT2D eigenvalue weighted by molar-refractivity contribution is -0.122. The van der Waals surface area contributed by atoms with Crippen LogP contribution in [0.2, 0.25) is 0 Å². The number of rotatable bonds is 5. The van der Waals surface area contributed by atoms with E-state index in [1.807, 2.05) is 12.1 Å². The maximum atomic E-state index is 12.6. The zero-order valence-corrected chi connectivity index (χ0v) is 16.3. The van der Waals surface area contributed by atoms with Crippen LogP contribution >= 0.6 is 35.3 Å². The van der Waals surface area contributed by atoms with Gasteiger partial charge in [-0.2, -0.15) is 0 Å². The summed E-state index contributed by atoms with van der Waals surface area (Å²) in [6, 6.07) is 5.47. The molecule has 0 saturated carbocycles. The van der Waals surface area contributed by atoms with Gasteiger partial charge in [0.25, 0.3) is 5.91 Å². The molecule has 2 aliphatic heterocycles. The number of nitrogens with one attached hydrogen (secondary N) is 1. The molecule has 2 aromatic rings. The lowest BCUT2D eigenvalue weighted by Crippen LogP contribution is -2.31. The van der Waals surface area contributed by atoms with Gasteiger partial charge in [-0.05, 0) is 23.8 Å². The van der Waals surface area contributed by atoms with Crippen LogP contribution < -0.4 is 14.8 Å². The zero-order valence-electron chi connectivity index (χ0n) is 13.8. The molecule has 1 N–H and O–H groups in total. The summed E-state index contributed by atoms with van der Waals surface area (Å²) in [5, 5.41) is 5.00. The predicted molar refractivity (Wildman–Crippen MR) is 108 cm³/mol. The highest BCUT2D eigenvalue weighted by atomic mass is 32.2. The van der Waals surface area contributed by atoms with Gasteiger partial charge in [-0.15, -0.1) is 11.3 Å². The smallest absolute Gasteiger partial charge is 0.266 e. The van der Waals surface area contributed by atoms with Gasteiger partial charge < -0.3 is 14.8 Å². The number of benzene rings is 1. The molecule has 0 radical (unpaired) electrons. The van der Waals surface area contributed by atoms with Crippen LogP contribution in [0.15, 0.2) is 34.7 Å². The SMILES string of the molecule is O=C(CCN1C(=O)/C(=C/c2ccc3c(c2)OCO3)SC1=S)Nc1nccs1. The molecule has 0 unspecified atom stereocenters. The number of carbonyl (C=O) groups is 2. The number of hydrogen-bond donors (Lipinski definition) is 1.